The van der Waals surface area contributed by atoms with Gasteiger partial charge in [-0.3, -0.25) is 9.97 Å². The van der Waals surface area contributed by atoms with Gasteiger partial charge in [0.1, 0.15) is 5.82 Å². The van der Waals surface area contributed by atoms with Crippen LogP contribution < -0.4 is 10.6 Å². The fraction of sp³-hybridized carbons (Fsp3) is 0.100. The van der Waals surface area contributed by atoms with Crippen LogP contribution in [0.4, 0.5) is 27.1 Å². The summed E-state index contributed by atoms with van der Waals surface area (Å²) >= 11 is 6.05. The lowest BCUT2D eigenvalue weighted by atomic mass is 10.1. The van der Waals surface area contributed by atoms with Gasteiger partial charge in [0, 0.05) is 16.1 Å². The topological polar surface area (TPSA) is 124 Å². The molecule has 50 heavy (non-hydrogen) atoms. The molecule has 8 nitrogen and oxygen atoms in total. The number of aryl methyl sites for hydroxylation is 4. The van der Waals surface area contributed by atoms with Gasteiger partial charge in [0.2, 0.25) is 0 Å². The van der Waals surface area contributed by atoms with E-state index in [1.54, 1.807) is 54.9 Å². The Kier molecular flexibility index (Phi) is 10.9. The minimum atomic E-state index is -1.00. The molecule has 0 bridgehead atoms. The Morgan fingerprint density at radius 2 is 1.16 bits per heavy atom. The van der Waals surface area contributed by atoms with Gasteiger partial charge in [-0.2, -0.15) is 0 Å². The lowest BCUT2D eigenvalue weighted by Crippen LogP contribution is -2.04. The molecular weight excluding hydrogens is 655 g/mol. The van der Waals surface area contributed by atoms with Crippen molar-refractivity contribution in [3.05, 3.63) is 154 Å². The van der Waals surface area contributed by atoms with Crippen LogP contribution >= 0.6 is 11.6 Å². The number of nitrogens with one attached hydrogen (secondary N) is 2. The third-order valence-electron chi connectivity index (χ3n) is 7.75. The number of nitrogens with zero attached hydrogens (tertiary/aromatic N) is 2. The fourth-order valence-electron chi connectivity index (χ4n) is 5.36. The number of carboxylic acids is 2. The maximum Gasteiger partial charge on any atom is 0.337 e. The van der Waals surface area contributed by atoms with Gasteiger partial charge in [-0.25, -0.2) is 14.0 Å². The molecular formula is C40H34ClFN4O4. The third-order valence-corrected chi connectivity index (χ3v) is 7.99. The maximum atomic E-state index is 14.0. The van der Waals surface area contributed by atoms with Crippen molar-refractivity contribution in [1.82, 2.24) is 9.97 Å². The van der Waals surface area contributed by atoms with Crippen LogP contribution in [0.2, 0.25) is 5.02 Å². The number of carbonyl (C=O) groups is 2. The lowest BCUT2D eigenvalue weighted by molar-refractivity contribution is 0.0687. The molecule has 0 aliphatic rings. The van der Waals surface area contributed by atoms with Gasteiger partial charge in [-0.1, -0.05) is 59.1 Å². The number of carboxylic acid groups (broad SMARTS) is 2. The summed E-state index contributed by atoms with van der Waals surface area (Å²) in [7, 11) is 0. The van der Waals surface area contributed by atoms with Crippen LogP contribution in [0.15, 0.2) is 109 Å². The van der Waals surface area contributed by atoms with Gasteiger partial charge < -0.3 is 20.8 Å². The van der Waals surface area contributed by atoms with Gasteiger partial charge in [0.15, 0.2) is 0 Å². The molecule has 0 radical (unpaired) electrons. The van der Waals surface area contributed by atoms with E-state index in [1.807, 2.05) is 76.2 Å². The fourth-order valence-corrected chi connectivity index (χ4v) is 5.55. The quantitative estimate of drug-likeness (QED) is 0.125. The highest BCUT2D eigenvalue weighted by Crippen LogP contribution is 2.30. The normalized spacial score (nSPS) is 10.5. The Bertz CT molecular complexity index is 2220. The summed E-state index contributed by atoms with van der Waals surface area (Å²) in [6.45, 7) is 7.50. The number of hydrogen-bond acceptors (Lipinski definition) is 6. The standard InChI is InChI=1S/C20H17ClN2O2.C20H17FN2O2/c1-12-6-7-18(17(8-12)20(24)25)23-16-9-13(2)19(22-11-16)14-4-3-5-15(21)10-14;1-12-7-8-18(16(9-12)20(24)25)23-14-10-13(2)19(22-11-14)15-5-3-4-6-17(15)21/h2*3-11,23H,1-2H3,(H,24,25). The second-order valence-corrected chi connectivity index (χ2v) is 12.2. The number of aromatic nitrogens is 2. The van der Waals surface area contributed by atoms with Gasteiger partial charge in [0.25, 0.3) is 0 Å². The lowest BCUT2D eigenvalue weighted by Gasteiger charge is -2.13. The predicted molar refractivity (Wildman–Crippen MR) is 197 cm³/mol. The summed E-state index contributed by atoms with van der Waals surface area (Å²) in [6.07, 6.45) is 3.26. The SMILES string of the molecule is Cc1ccc(Nc2cnc(-c3cccc(Cl)c3)c(C)c2)c(C(=O)O)c1.Cc1ccc(Nc2cnc(-c3ccccc3F)c(C)c2)c(C(=O)O)c1. The first-order valence-electron chi connectivity index (χ1n) is 15.6. The zero-order valence-corrected chi connectivity index (χ0v) is 28.5. The molecule has 0 aliphatic heterocycles. The van der Waals surface area contributed by atoms with Crippen LogP contribution in [0.1, 0.15) is 43.0 Å². The van der Waals surface area contributed by atoms with E-state index in [1.165, 1.54) is 6.07 Å². The molecule has 0 unspecified atom stereocenters. The van der Waals surface area contributed by atoms with Crippen molar-refractivity contribution < 1.29 is 24.2 Å². The number of pyridine rings is 2. The van der Waals surface area contributed by atoms with Crippen molar-refractivity contribution in [2.45, 2.75) is 27.7 Å². The van der Waals surface area contributed by atoms with Gasteiger partial charge in [0.05, 0.1) is 57.7 Å². The number of rotatable bonds is 8. The second kappa shape index (κ2) is 15.4. The van der Waals surface area contributed by atoms with E-state index in [9.17, 15) is 24.2 Å². The van der Waals surface area contributed by atoms with Crippen molar-refractivity contribution in [1.29, 1.82) is 0 Å². The van der Waals surface area contributed by atoms with Crippen molar-refractivity contribution >= 4 is 46.3 Å². The van der Waals surface area contributed by atoms with E-state index in [2.05, 4.69) is 20.6 Å². The predicted octanol–water partition coefficient (Wildman–Crippen LogP) is 10.4. The van der Waals surface area contributed by atoms with E-state index in [0.29, 0.717) is 33.3 Å². The molecule has 4 aromatic carbocycles. The summed E-state index contributed by atoms with van der Waals surface area (Å²) in [5.74, 6) is -2.30. The largest absolute Gasteiger partial charge is 0.478 e. The molecule has 4 N–H and O–H groups in total. The first-order valence-corrected chi connectivity index (χ1v) is 15.9. The molecule has 0 fully saturated rings. The van der Waals surface area contributed by atoms with Crippen LogP contribution in [-0.4, -0.2) is 32.1 Å². The van der Waals surface area contributed by atoms with Crippen molar-refractivity contribution in [3.8, 4) is 22.5 Å². The summed E-state index contributed by atoms with van der Waals surface area (Å²) in [4.78, 5) is 31.7. The van der Waals surface area contributed by atoms with Crippen LogP contribution in [-0.2, 0) is 0 Å². The first-order chi connectivity index (χ1) is 23.9. The van der Waals surface area contributed by atoms with Crippen molar-refractivity contribution in [2.75, 3.05) is 10.6 Å². The Balaban J connectivity index is 0.000000194. The van der Waals surface area contributed by atoms with E-state index >= 15 is 0 Å². The number of benzene rings is 4. The number of hydrogen-bond donors (Lipinski definition) is 4. The Labute approximate surface area is 294 Å². The molecule has 2 aromatic heterocycles. The molecule has 2 heterocycles. The highest BCUT2D eigenvalue weighted by molar-refractivity contribution is 6.30. The van der Waals surface area contributed by atoms with Crippen LogP contribution in [0.3, 0.4) is 0 Å². The molecule has 0 amide bonds. The van der Waals surface area contributed by atoms with Crippen molar-refractivity contribution in [2.24, 2.45) is 0 Å². The Morgan fingerprint density at radius 3 is 1.64 bits per heavy atom. The number of aromatic carboxylic acids is 2. The average Bonchev–Trinajstić information content (AvgIpc) is 3.07. The molecule has 252 valence electrons. The van der Waals surface area contributed by atoms with Gasteiger partial charge in [-0.15, -0.1) is 0 Å². The van der Waals surface area contributed by atoms with Crippen LogP contribution in [0.5, 0.6) is 0 Å². The number of anilines is 4. The molecule has 0 saturated carbocycles. The molecule has 0 saturated heterocycles. The first kappa shape index (κ1) is 35.3. The minimum absolute atomic E-state index is 0.191. The van der Waals surface area contributed by atoms with E-state index in [-0.39, 0.29) is 16.9 Å². The second-order valence-electron chi connectivity index (χ2n) is 11.7. The smallest absolute Gasteiger partial charge is 0.337 e. The monoisotopic (exact) mass is 688 g/mol. The molecule has 10 heteroatoms. The number of halogens is 2. The molecule has 0 aliphatic carbocycles. The molecule has 6 rings (SSSR count). The van der Waals surface area contributed by atoms with Crippen molar-refractivity contribution in [3.63, 3.8) is 0 Å². The summed E-state index contributed by atoms with van der Waals surface area (Å²) in [5, 5.41) is 25.6. The zero-order valence-electron chi connectivity index (χ0n) is 27.8. The Morgan fingerprint density at radius 1 is 0.640 bits per heavy atom. The van der Waals surface area contributed by atoms with Gasteiger partial charge in [-0.05, 0) is 99.5 Å². The van der Waals surface area contributed by atoms with E-state index < -0.39 is 11.9 Å². The Hall–Kier alpha value is -6.06. The van der Waals surface area contributed by atoms with E-state index in [4.69, 9.17) is 11.6 Å². The maximum absolute atomic E-state index is 14.0. The highest BCUT2D eigenvalue weighted by atomic mass is 35.5. The van der Waals surface area contributed by atoms with Crippen LogP contribution in [0.25, 0.3) is 22.5 Å². The highest BCUT2D eigenvalue weighted by Gasteiger charge is 2.14. The summed E-state index contributed by atoms with van der Waals surface area (Å²) < 4.78 is 14.0. The third kappa shape index (κ3) is 8.50. The molecule has 0 atom stereocenters. The summed E-state index contributed by atoms with van der Waals surface area (Å²) in [5.41, 5.74) is 9.13. The van der Waals surface area contributed by atoms with Gasteiger partial charge >= 0.3 is 11.9 Å². The van der Waals surface area contributed by atoms with Crippen LogP contribution in [0, 0.1) is 33.5 Å². The zero-order chi connectivity index (χ0) is 35.9. The minimum Gasteiger partial charge on any atom is -0.478 e. The van der Waals surface area contributed by atoms with E-state index in [0.717, 1.165) is 39.2 Å². The summed E-state index contributed by atoms with van der Waals surface area (Å²) in [6, 6.07) is 28.2. The molecule has 0 spiro atoms. The molecule has 6 aromatic rings. The average molecular weight is 689 g/mol.